The number of hydrogen-bond acceptors (Lipinski definition) is 4. The summed E-state index contributed by atoms with van der Waals surface area (Å²) < 4.78 is 33.4. The summed E-state index contributed by atoms with van der Waals surface area (Å²) in [5, 5.41) is 9.23. The lowest BCUT2D eigenvalue weighted by atomic mass is 10.1. The van der Waals surface area contributed by atoms with Crippen LogP contribution in [0.1, 0.15) is 33.1 Å². The Morgan fingerprint density at radius 3 is 2.35 bits per heavy atom. The van der Waals surface area contributed by atoms with Crippen molar-refractivity contribution in [3.05, 3.63) is 0 Å². The topological polar surface area (TPSA) is 87.2 Å². The summed E-state index contributed by atoms with van der Waals surface area (Å²) >= 11 is 0. The molecule has 0 aromatic heterocycles. The van der Waals surface area contributed by atoms with E-state index < -0.39 is 22.2 Å². The van der Waals surface area contributed by atoms with Gasteiger partial charge >= 0.3 is 5.97 Å². The molecule has 1 N–H and O–H groups in total. The van der Waals surface area contributed by atoms with Crippen molar-refractivity contribution >= 4 is 16.2 Å². The summed E-state index contributed by atoms with van der Waals surface area (Å²) in [5.41, 5.74) is 0. The van der Waals surface area contributed by atoms with Crippen LogP contribution in [0, 0.1) is 0 Å². The van der Waals surface area contributed by atoms with Gasteiger partial charge in [0.25, 0.3) is 10.2 Å². The summed E-state index contributed by atoms with van der Waals surface area (Å²) in [7, 11) is -3.74. The molecular weight excluding hydrogens is 284 g/mol. The van der Waals surface area contributed by atoms with Crippen LogP contribution in [0.25, 0.3) is 0 Å². The number of carboxylic acid groups (broad SMARTS) is 1. The fraction of sp³-hybridized carbons (Fsp3) is 0.917. The van der Waals surface area contributed by atoms with Gasteiger partial charge in [0.05, 0.1) is 12.2 Å². The molecule has 8 heteroatoms. The molecule has 2 aliphatic heterocycles. The number of aliphatic carboxylic acids is 1. The van der Waals surface area contributed by atoms with Crippen LogP contribution in [-0.4, -0.2) is 66.0 Å². The van der Waals surface area contributed by atoms with Crippen molar-refractivity contribution in [3.63, 3.8) is 0 Å². The molecule has 0 aliphatic carbocycles. The first-order valence-corrected chi connectivity index (χ1v) is 8.37. The van der Waals surface area contributed by atoms with E-state index in [0.717, 1.165) is 10.7 Å². The predicted molar refractivity (Wildman–Crippen MR) is 72.5 cm³/mol. The molecular formula is C12H22N2O5S. The summed E-state index contributed by atoms with van der Waals surface area (Å²) in [5.74, 6) is -1.07. The molecule has 0 spiro atoms. The van der Waals surface area contributed by atoms with Crippen LogP contribution in [0.15, 0.2) is 0 Å². The third-order valence-electron chi connectivity index (χ3n) is 3.75. The zero-order valence-electron chi connectivity index (χ0n) is 11.9. The normalized spacial score (nSPS) is 34.0. The van der Waals surface area contributed by atoms with Crippen molar-refractivity contribution in [2.75, 3.05) is 19.6 Å². The van der Waals surface area contributed by atoms with E-state index in [1.54, 1.807) is 0 Å². The Balaban J connectivity index is 2.21. The number of rotatable bonds is 3. The van der Waals surface area contributed by atoms with Crippen LogP contribution in [0.3, 0.4) is 0 Å². The van der Waals surface area contributed by atoms with Gasteiger partial charge in [-0.3, -0.25) is 4.79 Å². The maximum Gasteiger partial charge on any atom is 0.322 e. The van der Waals surface area contributed by atoms with Crippen LogP contribution < -0.4 is 0 Å². The Morgan fingerprint density at radius 2 is 1.80 bits per heavy atom. The molecule has 2 aliphatic rings. The van der Waals surface area contributed by atoms with E-state index in [0.29, 0.717) is 12.8 Å². The molecule has 7 nitrogen and oxygen atoms in total. The summed E-state index contributed by atoms with van der Waals surface area (Å²) in [6.07, 6.45) is 1.48. The molecule has 20 heavy (non-hydrogen) atoms. The van der Waals surface area contributed by atoms with Gasteiger partial charge < -0.3 is 9.84 Å². The number of ether oxygens (including phenoxy) is 1. The van der Waals surface area contributed by atoms with Gasteiger partial charge in [0.15, 0.2) is 0 Å². The Hall–Kier alpha value is -0.700. The third kappa shape index (κ3) is 3.13. The quantitative estimate of drug-likeness (QED) is 0.809. The highest BCUT2D eigenvalue weighted by atomic mass is 32.2. The summed E-state index contributed by atoms with van der Waals surface area (Å²) in [4.78, 5) is 11.3. The van der Waals surface area contributed by atoms with Crippen molar-refractivity contribution < 1.29 is 23.1 Å². The molecule has 116 valence electrons. The van der Waals surface area contributed by atoms with Gasteiger partial charge in [0.2, 0.25) is 0 Å². The Kier molecular flexibility index (Phi) is 4.68. The van der Waals surface area contributed by atoms with Crippen molar-refractivity contribution in [2.45, 2.75) is 51.4 Å². The van der Waals surface area contributed by atoms with Crippen LogP contribution >= 0.6 is 0 Å². The van der Waals surface area contributed by atoms with E-state index in [4.69, 9.17) is 4.74 Å². The molecule has 2 rings (SSSR count). The van der Waals surface area contributed by atoms with Gasteiger partial charge in [0.1, 0.15) is 6.04 Å². The number of nitrogens with zero attached hydrogens (tertiary/aromatic N) is 2. The minimum atomic E-state index is -3.74. The summed E-state index contributed by atoms with van der Waals surface area (Å²) in [6, 6.07) is -0.942. The van der Waals surface area contributed by atoms with Crippen molar-refractivity contribution in [1.82, 2.24) is 8.61 Å². The lowest BCUT2D eigenvalue weighted by Crippen LogP contribution is -2.57. The minimum absolute atomic E-state index is 0.179. The molecule has 0 bridgehead atoms. The van der Waals surface area contributed by atoms with E-state index in [-0.39, 0.29) is 31.8 Å². The standard InChI is InChI=1S/C12H22N2O5S/c1-9-7-13(8-10(2)19-9)20(17,18)14-6-4-3-5-11(14)12(15)16/h9-11H,3-8H2,1-2H3,(H,15,16)/t9?,10?,11-/m0/s1. The van der Waals surface area contributed by atoms with Gasteiger partial charge in [-0.1, -0.05) is 0 Å². The average molecular weight is 306 g/mol. The molecule has 2 unspecified atom stereocenters. The van der Waals surface area contributed by atoms with Crippen molar-refractivity contribution in [1.29, 1.82) is 0 Å². The molecule has 2 fully saturated rings. The second kappa shape index (κ2) is 5.97. The van der Waals surface area contributed by atoms with Gasteiger partial charge in [-0.05, 0) is 33.1 Å². The molecule has 0 aromatic carbocycles. The predicted octanol–water partition coefficient (Wildman–Crippen LogP) is 0.280. The van der Waals surface area contributed by atoms with Crippen molar-refractivity contribution in [2.24, 2.45) is 0 Å². The smallest absolute Gasteiger partial charge is 0.322 e. The minimum Gasteiger partial charge on any atom is -0.480 e. The third-order valence-corrected chi connectivity index (χ3v) is 5.73. The maximum atomic E-state index is 12.7. The fourth-order valence-electron chi connectivity index (χ4n) is 2.90. The number of hydrogen-bond donors (Lipinski definition) is 1. The monoisotopic (exact) mass is 306 g/mol. The SMILES string of the molecule is CC1CN(S(=O)(=O)N2CCCC[C@H]2C(=O)O)CC(C)O1. The highest BCUT2D eigenvalue weighted by molar-refractivity contribution is 7.86. The van der Waals surface area contributed by atoms with E-state index >= 15 is 0 Å². The first-order valence-electron chi connectivity index (χ1n) is 6.97. The molecule has 2 saturated heterocycles. The molecule has 0 saturated carbocycles. The Morgan fingerprint density at radius 1 is 1.20 bits per heavy atom. The average Bonchev–Trinajstić information content (AvgIpc) is 2.37. The number of carbonyl (C=O) groups is 1. The molecule has 0 radical (unpaired) electrons. The second-order valence-corrected chi connectivity index (χ2v) is 7.42. The van der Waals surface area contributed by atoms with Crippen LogP contribution in [0.2, 0.25) is 0 Å². The van der Waals surface area contributed by atoms with Crippen LogP contribution in [0.5, 0.6) is 0 Å². The van der Waals surface area contributed by atoms with Gasteiger partial charge in [0, 0.05) is 19.6 Å². The molecule has 0 aromatic rings. The largest absolute Gasteiger partial charge is 0.480 e. The number of piperidine rings is 1. The van der Waals surface area contributed by atoms with Gasteiger partial charge in [-0.15, -0.1) is 0 Å². The Bertz CT molecular complexity index is 456. The zero-order valence-corrected chi connectivity index (χ0v) is 12.7. The number of morpholine rings is 1. The van der Waals surface area contributed by atoms with Crippen LogP contribution in [0.4, 0.5) is 0 Å². The zero-order chi connectivity index (χ0) is 14.9. The maximum absolute atomic E-state index is 12.7. The van der Waals surface area contributed by atoms with Crippen LogP contribution in [-0.2, 0) is 19.7 Å². The summed E-state index contributed by atoms with van der Waals surface area (Å²) in [6.45, 7) is 4.47. The van der Waals surface area contributed by atoms with Gasteiger partial charge in [-0.25, -0.2) is 0 Å². The Labute approximate surface area is 119 Å². The lowest BCUT2D eigenvalue weighted by molar-refractivity contribution is -0.142. The second-order valence-electron chi connectivity index (χ2n) is 5.54. The van der Waals surface area contributed by atoms with E-state index in [2.05, 4.69) is 0 Å². The number of carboxylic acids is 1. The lowest BCUT2D eigenvalue weighted by Gasteiger charge is -2.40. The molecule has 0 amide bonds. The van der Waals surface area contributed by atoms with E-state index in [1.165, 1.54) is 4.31 Å². The molecule has 3 atom stereocenters. The van der Waals surface area contributed by atoms with Crippen molar-refractivity contribution in [3.8, 4) is 0 Å². The highest BCUT2D eigenvalue weighted by Gasteiger charge is 2.42. The first kappa shape index (κ1) is 15.7. The fourth-order valence-corrected chi connectivity index (χ4v) is 4.87. The highest BCUT2D eigenvalue weighted by Crippen LogP contribution is 2.25. The molecule has 2 heterocycles. The van der Waals surface area contributed by atoms with E-state index in [1.807, 2.05) is 13.8 Å². The van der Waals surface area contributed by atoms with Gasteiger partial charge in [-0.2, -0.15) is 17.0 Å². The van der Waals surface area contributed by atoms with E-state index in [9.17, 15) is 18.3 Å². The first-order chi connectivity index (χ1) is 9.32.